The smallest absolute Gasteiger partial charge is 0.155 e. The summed E-state index contributed by atoms with van der Waals surface area (Å²) in [6.07, 6.45) is 4.37. The maximum absolute atomic E-state index is 11.0. The third kappa shape index (κ3) is 1.92. The lowest BCUT2D eigenvalue weighted by Gasteiger charge is -2.23. The first-order valence-electron chi connectivity index (χ1n) is 4.32. The Bertz CT molecular complexity index is 191. The normalized spacial score (nSPS) is 31.4. The fourth-order valence-electron chi connectivity index (χ4n) is 1.85. The van der Waals surface area contributed by atoms with Crippen molar-refractivity contribution in [1.29, 1.82) is 0 Å². The van der Waals surface area contributed by atoms with Crippen LogP contribution in [0.4, 0.5) is 0 Å². The van der Waals surface area contributed by atoms with Gasteiger partial charge < -0.3 is 0 Å². The number of hydrogen-bond acceptors (Lipinski definition) is 1. The molecular formula is C10H16O. The molecule has 0 bridgehead atoms. The third-order valence-corrected chi connectivity index (χ3v) is 2.43. The first kappa shape index (κ1) is 8.51. The van der Waals surface area contributed by atoms with Crippen LogP contribution in [-0.2, 0) is 4.79 Å². The molecule has 62 valence electrons. The molecule has 1 nitrogen and oxygen atoms in total. The van der Waals surface area contributed by atoms with Gasteiger partial charge in [-0.2, -0.15) is 0 Å². The van der Waals surface area contributed by atoms with E-state index in [0.29, 0.717) is 5.92 Å². The van der Waals surface area contributed by atoms with Crippen LogP contribution in [0.15, 0.2) is 11.6 Å². The number of rotatable bonds is 1. The number of Topliss-reactive ketones (excluding diaryl/α,β-unsaturated/α-hetero) is 1. The highest BCUT2D eigenvalue weighted by molar-refractivity contribution is 5.93. The maximum Gasteiger partial charge on any atom is 0.155 e. The minimum absolute atomic E-state index is 0.254. The van der Waals surface area contributed by atoms with Gasteiger partial charge >= 0.3 is 0 Å². The molecule has 0 N–H and O–H groups in total. The summed E-state index contributed by atoms with van der Waals surface area (Å²) in [6, 6.07) is 0. The molecule has 0 aliphatic heterocycles. The van der Waals surface area contributed by atoms with Gasteiger partial charge in [-0.1, -0.05) is 19.9 Å². The summed E-state index contributed by atoms with van der Waals surface area (Å²) < 4.78 is 0. The number of allylic oxidation sites excluding steroid dienone is 2. The number of hydrogen-bond donors (Lipinski definition) is 0. The van der Waals surface area contributed by atoms with Crippen LogP contribution in [0, 0.1) is 11.8 Å². The summed E-state index contributed by atoms with van der Waals surface area (Å²) in [5.74, 6) is 1.49. The zero-order chi connectivity index (χ0) is 8.43. The first-order valence-corrected chi connectivity index (χ1v) is 4.32. The maximum atomic E-state index is 11.0. The van der Waals surface area contributed by atoms with Crippen molar-refractivity contribution in [3.63, 3.8) is 0 Å². The minimum atomic E-state index is 0.254. The monoisotopic (exact) mass is 152 g/mol. The highest BCUT2D eigenvalue weighted by atomic mass is 16.1. The second-order valence-corrected chi connectivity index (χ2v) is 3.69. The SMILES string of the molecule is CC(=O)C1=CCC(C)CC1C. The molecule has 0 saturated heterocycles. The van der Waals surface area contributed by atoms with Crippen LogP contribution in [0.25, 0.3) is 0 Å². The van der Waals surface area contributed by atoms with Crippen LogP contribution in [0.5, 0.6) is 0 Å². The van der Waals surface area contributed by atoms with Gasteiger partial charge in [-0.3, -0.25) is 4.79 Å². The topological polar surface area (TPSA) is 17.1 Å². The van der Waals surface area contributed by atoms with Gasteiger partial charge in [0.1, 0.15) is 0 Å². The summed E-state index contributed by atoms with van der Waals surface area (Å²) in [5, 5.41) is 0. The Kier molecular flexibility index (Phi) is 2.48. The molecular weight excluding hydrogens is 136 g/mol. The third-order valence-electron chi connectivity index (χ3n) is 2.43. The predicted molar refractivity (Wildman–Crippen MR) is 46.3 cm³/mol. The van der Waals surface area contributed by atoms with Crippen LogP contribution in [0.1, 0.15) is 33.6 Å². The van der Waals surface area contributed by atoms with Crippen LogP contribution < -0.4 is 0 Å². The highest BCUT2D eigenvalue weighted by Crippen LogP contribution is 2.28. The Morgan fingerprint density at radius 2 is 2.18 bits per heavy atom. The summed E-state index contributed by atoms with van der Waals surface area (Å²) in [4.78, 5) is 11.0. The average Bonchev–Trinajstić information content (AvgIpc) is 1.85. The zero-order valence-corrected chi connectivity index (χ0v) is 7.55. The van der Waals surface area contributed by atoms with E-state index in [9.17, 15) is 4.79 Å². The molecule has 1 aliphatic rings. The summed E-state index contributed by atoms with van der Waals surface area (Å²) >= 11 is 0. The number of carbonyl (C=O) groups is 1. The Hall–Kier alpha value is -0.590. The summed E-state index contributed by atoms with van der Waals surface area (Å²) in [5.41, 5.74) is 1.04. The molecule has 11 heavy (non-hydrogen) atoms. The van der Waals surface area contributed by atoms with Crippen molar-refractivity contribution >= 4 is 5.78 Å². The van der Waals surface area contributed by atoms with E-state index in [2.05, 4.69) is 19.9 Å². The quantitative estimate of drug-likeness (QED) is 0.564. The molecule has 2 atom stereocenters. The van der Waals surface area contributed by atoms with E-state index in [0.717, 1.165) is 17.9 Å². The van der Waals surface area contributed by atoms with Crippen LogP contribution in [-0.4, -0.2) is 5.78 Å². The minimum Gasteiger partial charge on any atom is -0.295 e. The second kappa shape index (κ2) is 3.21. The van der Waals surface area contributed by atoms with E-state index in [-0.39, 0.29) is 5.78 Å². The van der Waals surface area contributed by atoms with Gasteiger partial charge in [-0.05, 0) is 37.2 Å². The van der Waals surface area contributed by atoms with Gasteiger partial charge in [0.2, 0.25) is 0 Å². The van der Waals surface area contributed by atoms with E-state index in [4.69, 9.17) is 0 Å². The first-order chi connectivity index (χ1) is 5.11. The largest absolute Gasteiger partial charge is 0.295 e. The molecule has 1 aliphatic carbocycles. The van der Waals surface area contributed by atoms with Crippen molar-refractivity contribution in [2.75, 3.05) is 0 Å². The molecule has 0 amide bonds. The van der Waals surface area contributed by atoms with Crippen molar-refractivity contribution in [1.82, 2.24) is 0 Å². The van der Waals surface area contributed by atoms with Gasteiger partial charge in [-0.25, -0.2) is 0 Å². The molecule has 0 aromatic carbocycles. The Labute approximate surface area is 68.5 Å². The standard InChI is InChI=1S/C10H16O/c1-7-4-5-10(9(3)11)8(2)6-7/h5,7-8H,4,6H2,1-3H3. The Morgan fingerprint density at radius 1 is 1.55 bits per heavy atom. The Balaban J connectivity index is 2.72. The highest BCUT2D eigenvalue weighted by Gasteiger charge is 2.19. The lowest BCUT2D eigenvalue weighted by Crippen LogP contribution is -2.15. The Morgan fingerprint density at radius 3 is 2.64 bits per heavy atom. The van der Waals surface area contributed by atoms with Crippen LogP contribution >= 0.6 is 0 Å². The molecule has 0 heterocycles. The molecule has 0 spiro atoms. The lowest BCUT2D eigenvalue weighted by atomic mass is 9.82. The van der Waals surface area contributed by atoms with E-state index in [1.807, 2.05) is 0 Å². The van der Waals surface area contributed by atoms with Gasteiger partial charge in [0.15, 0.2) is 5.78 Å². The molecule has 1 heteroatoms. The molecule has 0 saturated carbocycles. The van der Waals surface area contributed by atoms with Crippen LogP contribution in [0.2, 0.25) is 0 Å². The van der Waals surface area contributed by atoms with Crippen molar-refractivity contribution < 1.29 is 4.79 Å². The van der Waals surface area contributed by atoms with Crippen molar-refractivity contribution in [3.8, 4) is 0 Å². The molecule has 2 unspecified atom stereocenters. The molecule has 0 aromatic heterocycles. The molecule has 0 fully saturated rings. The van der Waals surface area contributed by atoms with Crippen molar-refractivity contribution in [2.24, 2.45) is 11.8 Å². The van der Waals surface area contributed by atoms with Gasteiger partial charge in [0.25, 0.3) is 0 Å². The average molecular weight is 152 g/mol. The predicted octanol–water partition coefficient (Wildman–Crippen LogP) is 2.57. The summed E-state index contributed by atoms with van der Waals surface area (Å²) in [7, 11) is 0. The zero-order valence-electron chi connectivity index (χ0n) is 7.55. The number of carbonyl (C=O) groups excluding carboxylic acids is 1. The van der Waals surface area contributed by atoms with Gasteiger partial charge in [0.05, 0.1) is 0 Å². The van der Waals surface area contributed by atoms with E-state index < -0.39 is 0 Å². The lowest BCUT2D eigenvalue weighted by molar-refractivity contribution is -0.114. The van der Waals surface area contributed by atoms with Crippen molar-refractivity contribution in [3.05, 3.63) is 11.6 Å². The van der Waals surface area contributed by atoms with Crippen molar-refractivity contribution in [2.45, 2.75) is 33.6 Å². The molecule has 0 aromatic rings. The fraction of sp³-hybridized carbons (Fsp3) is 0.700. The second-order valence-electron chi connectivity index (χ2n) is 3.69. The van der Waals surface area contributed by atoms with E-state index in [1.165, 1.54) is 6.42 Å². The van der Waals surface area contributed by atoms with E-state index in [1.54, 1.807) is 6.92 Å². The van der Waals surface area contributed by atoms with E-state index >= 15 is 0 Å². The molecule has 1 rings (SSSR count). The van der Waals surface area contributed by atoms with Crippen LogP contribution in [0.3, 0.4) is 0 Å². The fourth-order valence-corrected chi connectivity index (χ4v) is 1.85. The van der Waals surface area contributed by atoms with Gasteiger partial charge in [-0.15, -0.1) is 0 Å². The summed E-state index contributed by atoms with van der Waals surface area (Å²) in [6.45, 7) is 6.05. The van der Waals surface area contributed by atoms with Gasteiger partial charge in [0, 0.05) is 0 Å². The number of ketones is 1. The molecule has 0 radical (unpaired) electrons.